The molecule has 3 heteroatoms. The molecule has 1 aliphatic carbocycles. The van der Waals surface area contributed by atoms with Crippen LogP contribution in [-0.2, 0) is 11.1 Å². The first-order chi connectivity index (χ1) is 11.6. The number of fused-ring (bicyclic) bond motifs is 1. The van der Waals surface area contributed by atoms with Crippen LogP contribution in [0.15, 0.2) is 24.0 Å². The molecule has 25 heavy (non-hydrogen) atoms. The second-order valence-corrected chi connectivity index (χ2v) is 9.79. The summed E-state index contributed by atoms with van der Waals surface area (Å²) in [6, 6.07) is 6.46. The highest BCUT2D eigenvalue weighted by atomic mass is 19.1. The van der Waals surface area contributed by atoms with Crippen LogP contribution in [0.5, 0.6) is 0 Å². The number of allylic oxidation sites excluding steroid dienone is 2. The van der Waals surface area contributed by atoms with Crippen LogP contribution >= 0.6 is 0 Å². The van der Waals surface area contributed by atoms with Crippen molar-refractivity contribution in [1.82, 2.24) is 0 Å². The van der Waals surface area contributed by atoms with Gasteiger partial charge in [-0.1, -0.05) is 52.8 Å². The molecule has 1 nitrogen and oxygen atoms in total. The van der Waals surface area contributed by atoms with E-state index in [1.165, 1.54) is 11.0 Å². The van der Waals surface area contributed by atoms with Gasteiger partial charge < -0.3 is 4.65 Å². The minimum absolute atomic E-state index is 0.0792. The molecule has 1 aromatic rings. The van der Waals surface area contributed by atoms with Gasteiger partial charge in [0, 0.05) is 12.5 Å². The maximum absolute atomic E-state index is 14.8. The van der Waals surface area contributed by atoms with E-state index in [0.29, 0.717) is 6.42 Å². The molecule has 0 amide bonds. The van der Waals surface area contributed by atoms with Crippen molar-refractivity contribution >= 4 is 18.0 Å². The lowest BCUT2D eigenvalue weighted by Gasteiger charge is -2.26. The molecule has 0 saturated carbocycles. The van der Waals surface area contributed by atoms with Crippen LogP contribution in [0.3, 0.4) is 0 Å². The molecule has 1 atom stereocenters. The van der Waals surface area contributed by atoms with E-state index in [9.17, 15) is 4.39 Å². The molecule has 0 N–H and O–H groups in total. The monoisotopic (exact) mass is 342 g/mol. The van der Waals surface area contributed by atoms with Gasteiger partial charge in [0.05, 0.1) is 0 Å². The van der Waals surface area contributed by atoms with Gasteiger partial charge in [0.25, 0.3) is 0 Å². The predicted octanol–water partition coefficient (Wildman–Crippen LogP) is 5.78. The average Bonchev–Trinajstić information content (AvgIpc) is 2.78. The lowest BCUT2D eigenvalue weighted by Crippen LogP contribution is -2.35. The summed E-state index contributed by atoms with van der Waals surface area (Å²) in [7, 11) is 0. The average molecular weight is 342 g/mol. The summed E-state index contributed by atoms with van der Waals surface area (Å²) in [5, 5.41) is 0. The highest BCUT2D eigenvalue weighted by Gasteiger charge is 2.43. The minimum atomic E-state index is 0.0792. The Morgan fingerprint density at radius 1 is 1.24 bits per heavy atom. The zero-order valence-corrected chi connectivity index (χ0v) is 16.7. The summed E-state index contributed by atoms with van der Waals surface area (Å²) < 4.78 is 21.1. The maximum Gasteiger partial charge on any atom is 0.328 e. The summed E-state index contributed by atoms with van der Waals surface area (Å²) in [6.07, 6.45) is 4.38. The number of halogens is 1. The quantitative estimate of drug-likeness (QED) is 0.633. The first-order valence-electron chi connectivity index (χ1n) is 9.74. The lowest BCUT2D eigenvalue weighted by molar-refractivity contribution is 0.150. The zero-order valence-electron chi connectivity index (χ0n) is 16.7. The van der Waals surface area contributed by atoms with E-state index >= 15 is 0 Å². The molecule has 0 bridgehead atoms. The molecule has 1 saturated heterocycles. The Morgan fingerprint density at radius 2 is 1.96 bits per heavy atom. The number of hydrogen-bond donors (Lipinski definition) is 0. The van der Waals surface area contributed by atoms with Gasteiger partial charge in [0.1, 0.15) is 5.83 Å². The van der Waals surface area contributed by atoms with Crippen molar-refractivity contribution in [2.75, 3.05) is 0 Å². The van der Waals surface area contributed by atoms with Crippen molar-refractivity contribution in [2.24, 2.45) is 10.8 Å². The van der Waals surface area contributed by atoms with Crippen LogP contribution in [0, 0.1) is 10.8 Å². The summed E-state index contributed by atoms with van der Waals surface area (Å²) in [5.41, 5.74) is 4.96. The Balaban J connectivity index is 1.99. The smallest absolute Gasteiger partial charge is 0.328 e. The fourth-order valence-electron chi connectivity index (χ4n) is 4.06. The number of rotatable bonds is 3. The maximum atomic E-state index is 14.8. The molecule has 3 rings (SSSR count). The third-order valence-corrected chi connectivity index (χ3v) is 6.08. The fraction of sp³-hybridized carbons (Fsp3) is 0.636. The van der Waals surface area contributed by atoms with Crippen molar-refractivity contribution in [1.29, 1.82) is 0 Å². The Kier molecular flexibility index (Phi) is 4.92. The number of aryl methyl sites for hydroxylation is 1. The Morgan fingerprint density at radius 3 is 2.56 bits per heavy atom. The van der Waals surface area contributed by atoms with Crippen LogP contribution in [0.1, 0.15) is 71.9 Å². The van der Waals surface area contributed by atoms with Gasteiger partial charge in [0.15, 0.2) is 0 Å². The molecule has 1 fully saturated rings. The zero-order chi connectivity index (χ0) is 18.4. The third-order valence-electron chi connectivity index (χ3n) is 6.08. The van der Waals surface area contributed by atoms with Crippen molar-refractivity contribution in [3.05, 3.63) is 35.2 Å². The molecule has 136 valence electrons. The van der Waals surface area contributed by atoms with Gasteiger partial charge in [-0.3, -0.25) is 0 Å². The summed E-state index contributed by atoms with van der Waals surface area (Å²) in [6.45, 7) is 13.5. The van der Waals surface area contributed by atoms with Gasteiger partial charge in [-0.25, -0.2) is 4.39 Å². The van der Waals surface area contributed by atoms with Gasteiger partial charge in [0.2, 0.25) is 0 Å². The molecule has 0 spiro atoms. The third kappa shape index (κ3) is 3.87. The van der Waals surface area contributed by atoms with Crippen LogP contribution < -0.4 is 5.46 Å². The molecule has 1 heterocycles. The fourth-order valence-corrected chi connectivity index (χ4v) is 4.06. The van der Waals surface area contributed by atoms with Crippen molar-refractivity contribution in [2.45, 2.75) is 79.6 Å². The van der Waals surface area contributed by atoms with E-state index in [2.05, 4.69) is 59.7 Å². The highest BCUT2D eigenvalue weighted by molar-refractivity contribution is 6.69. The molecule has 1 aromatic carbocycles. The molecule has 0 aromatic heterocycles. The molecule has 2 aliphatic rings. The topological polar surface area (TPSA) is 9.23 Å². The molecular formula is C22H32BFO. The normalized spacial score (nSPS) is 23.2. The second-order valence-electron chi connectivity index (χ2n) is 9.79. The number of benzene rings is 1. The molecular weight excluding hydrogens is 310 g/mol. The molecule has 1 aliphatic heterocycles. The van der Waals surface area contributed by atoms with Gasteiger partial charge in [-0.15, -0.1) is 0 Å². The van der Waals surface area contributed by atoms with E-state index in [-0.39, 0.29) is 29.7 Å². The predicted molar refractivity (Wildman–Crippen MR) is 106 cm³/mol. The van der Waals surface area contributed by atoms with E-state index in [4.69, 9.17) is 4.65 Å². The van der Waals surface area contributed by atoms with Gasteiger partial charge in [-0.05, 0) is 65.5 Å². The first-order valence-corrected chi connectivity index (χ1v) is 9.74. The summed E-state index contributed by atoms with van der Waals surface area (Å²) in [5.74, 6) is 0.0921. The van der Waals surface area contributed by atoms with E-state index in [0.717, 1.165) is 36.7 Å². The van der Waals surface area contributed by atoms with Crippen molar-refractivity contribution in [3.63, 3.8) is 0 Å². The van der Waals surface area contributed by atoms with Crippen molar-refractivity contribution in [3.8, 4) is 0 Å². The summed E-state index contributed by atoms with van der Waals surface area (Å²) >= 11 is 0. The largest absolute Gasteiger partial charge is 0.428 e. The van der Waals surface area contributed by atoms with E-state index in [1.807, 2.05) is 0 Å². The van der Waals surface area contributed by atoms with Crippen LogP contribution in [-0.4, -0.2) is 13.0 Å². The van der Waals surface area contributed by atoms with Crippen LogP contribution in [0.25, 0.3) is 5.57 Å². The molecule has 1 unspecified atom stereocenters. The minimum Gasteiger partial charge on any atom is -0.428 e. The van der Waals surface area contributed by atoms with Crippen molar-refractivity contribution < 1.29 is 9.04 Å². The highest BCUT2D eigenvalue weighted by Crippen LogP contribution is 2.40. The summed E-state index contributed by atoms with van der Waals surface area (Å²) in [4.78, 5) is 0. The van der Waals surface area contributed by atoms with Crippen LogP contribution in [0.2, 0.25) is 6.32 Å². The first kappa shape index (κ1) is 18.7. The Hall–Kier alpha value is -1.09. The lowest BCUT2D eigenvalue weighted by atomic mass is 9.52. The SMILES string of the molecule is CC1OB(c2cccc3c2C(CCC(C)(C)C)=C(F)CC3)CC1(C)C. The van der Waals surface area contributed by atoms with Gasteiger partial charge in [-0.2, -0.15) is 0 Å². The Labute approximate surface area is 153 Å². The van der Waals surface area contributed by atoms with E-state index in [1.54, 1.807) is 0 Å². The second kappa shape index (κ2) is 6.57. The molecule has 0 radical (unpaired) electrons. The van der Waals surface area contributed by atoms with Crippen LogP contribution in [0.4, 0.5) is 4.39 Å². The van der Waals surface area contributed by atoms with E-state index < -0.39 is 0 Å². The number of hydrogen-bond acceptors (Lipinski definition) is 1. The van der Waals surface area contributed by atoms with Gasteiger partial charge >= 0.3 is 6.92 Å². The standard InChI is InChI=1S/C22H32BFO/c1-15-22(5,6)14-23(25-15)18-9-7-8-16-10-11-19(24)17(20(16)18)12-13-21(2,3)4/h7-9,15H,10-14H2,1-6H3. The Bertz CT molecular complexity index is 684.